The molecule has 110 valence electrons. The zero-order chi connectivity index (χ0) is 15.6. The van der Waals surface area contributed by atoms with E-state index < -0.39 is 24.6 Å². The summed E-state index contributed by atoms with van der Waals surface area (Å²) in [5, 5.41) is 9.76. The van der Waals surface area contributed by atoms with E-state index in [1.807, 2.05) is 0 Å². The van der Waals surface area contributed by atoms with E-state index in [-0.39, 0.29) is 10.6 Å². The Morgan fingerprint density at radius 2 is 1.67 bits per heavy atom. The van der Waals surface area contributed by atoms with Crippen LogP contribution in [-0.4, -0.2) is 29.7 Å². The minimum absolute atomic E-state index is 0.0853. The Morgan fingerprint density at radius 3 is 2.29 bits per heavy atom. The summed E-state index contributed by atoms with van der Waals surface area (Å²) in [4.78, 5) is 22.5. The molecule has 0 spiro atoms. The number of carboxylic acids is 1. The summed E-state index contributed by atoms with van der Waals surface area (Å²) >= 11 is 0. The van der Waals surface area contributed by atoms with Gasteiger partial charge in [0.15, 0.2) is 0 Å². The molecule has 0 bridgehead atoms. The number of fused-ring (bicyclic) bond motifs is 1. The van der Waals surface area contributed by atoms with E-state index in [9.17, 15) is 22.8 Å². The number of hydrogen-bond donors (Lipinski definition) is 1. The van der Waals surface area contributed by atoms with Crippen LogP contribution in [0.1, 0.15) is 0 Å². The molecule has 0 aliphatic carbocycles. The first-order valence-electron chi connectivity index (χ1n) is 5.89. The molecule has 0 aromatic heterocycles. The van der Waals surface area contributed by atoms with Gasteiger partial charge in [0.1, 0.15) is 6.54 Å². The lowest BCUT2D eigenvalue weighted by molar-refractivity contribution is -0.170. The largest absolute Gasteiger partial charge is 0.480 e. The Balaban J connectivity index is 2.59. The Morgan fingerprint density at radius 1 is 1.05 bits per heavy atom. The maximum absolute atomic E-state index is 12.7. The van der Waals surface area contributed by atoms with Gasteiger partial charge in [0.25, 0.3) is 0 Å². The van der Waals surface area contributed by atoms with Crippen molar-refractivity contribution >= 4 is 28.3 Å². The van der Waals surface area contributed by atoms with Crippen LogP contribution in [-0.2, 0) is 9.59 Å². The van der Waals surface area contributed by atoms with Crippen LogP contribution in [0.3, 0.4) is 0 Å². The van der Waals surface area contributed by atoms with Crippen molar-refractivity contribution in [2.75, 3.05) is 11.4 Å². The molecule has 0 saturated carbocycles. The number of carbonyl (C=O) groups excluding carboxylic acids is 1. The second-order valence-corrected chi connectivity index (χ2v) is 4.28. The zero-order valence-corrected chi connectivity index (χ0v) is 10.6. The molecule has 0 atom stereocenters. The number of hydrogen-bond acceptors (Lipinski definition) is 2. The van der Waals surface area contributed by atoms with Crippen LogP contribution < -0.4 is 4.90 Å². The predicted molar refractivity (Wildman–Crippen MR) is 70.0 cm³/mol. The summed E-state index contributed by atoms with van der Waals surface area (Å²) in [6.45, 7) is -1.06. The van der Waals surface area contributed by atoms with Crippen molar-refractivity contribution < 1.29 is 27.9 Å². The van der Waals surface area contributed by atoms with Gasteiger partial charge in [-0.1, -0.05) is 36.4 Å². The number of anilines is 1. The van der Waals surface area contributed by atoms with Crippen LogP contribution in [0.5, 0.6) is 0 Å². The SMILES string of the molecule is O=C(O)CN(C(=O)C(F)(F)F)c1cccc2ccccc12. The number of alkyl halides is 3. The van der Waals surface area contributed by atoms with Crippen molar-refractivity contribution in [2.24, 2.45) is 0 Å². The lowest BCUT2D eigenvalue weighted by Crippen LogP contribution is -2.44. The van der Waals surface area contributed by atoms with E-state index >= 15 is 0 Å². The van der Waals surface area contributed by atoms with E-state index in [2.05, 4.69) is 0 Å². The number of amides is 1. The van der Waals surface area contributed by atoms with Crippen LogP contribution in [0.2, 0.25) is 0 Å². The Kier molecular flexibility index (Phi) is 3.84. The molecule has 2 aromatic carbocycles. The van der Waals surface area contributed by atoms with Crippen molar-refractivity contribution in [3.63, 3.8) is 0 Å². The van der Waals surface area contributed by atoms with Crippen LogP contribution in [0.25, 0.3) is 10.8 Å². The molecule has 0 fully saturated rings. The number of nitrogens with zero attached hydrogens (tertiary/aromatic N) is 1. The standard InChI is InChI=1S/C14H10F3NO3/c15-14(16,17)13(21)18(8-12(19)20)11-7-3-5-9-4-1-2-6-10(9)11/h1-7H,8H2,(H,19,20). The van der Waals surface area contributed by atoms with Gasteiger partial charge in [-0.15, -0.1) is 0 Å². The molecule has 0 aliphatic heterocycles. The Hall–Kier alpha value is -2.57. The second-order valence-electron chi connectivity index (χ2n) is 4.28. The number of aliphatic carboxylic acids is 1. The molecule has 0 heterocycles. The second kappa shape index (κ2) is 5.43. The van der Waals surface area contributed by atoms with Gasteiger partial charge in [-0.2, -0.15) is 13.2 Å². The highest BCUT2D eigenvalue weighted by molar-refractivity contribution is 6.07. The molecule has 0 radical (unpaired) electrons. The summed E-state index contributed by atoms with van der Waals surface area (Å²) in [6, 6.07) is 10.9. The average molecular weight is 297 g/mol. The molecule has 7 heteroatoms. The maximum atomic E-state index is 12.7. The van der Waals surface area contributed by atoms with Crippen LogP contribution in [0.15, 0.2) is 42.5 Å². The van der Waals surface area contributed by atoms with Crippen molar-refractivity contribution in [2.45, 2.75) is 6.18 Å². The fraction of sp³-hybridized carbons (Fsp3) is 0.143. The molecule has 1 N–H and O–H groups in total. The van der Waals surface area contributed by atoms with Crippen molar-refractivity contribution in [3.8, 4) is 0 Å². The quantitative estimate of drug-likeness (QED) is 0.947. The highest BCUT2D eigenvalue weighted by atomic mass is 19.4. The van der Waals surface area contributed by atoms with Gasteiger partial charge in [-0.3, -0.25) is 14.5 Å². The van der Waals surface area contributed by atoms with Gasteiger partial charge < -0.3 is 5.11 Å². The first-order chi connectivity index (χ1) is 9.80. The monoisotopic (exact) mass is 297 g/mol. The lowest BCUT2D eigenvalue weighted by Gasteiger charge is -2.23. The molecule has 1 amide bonds. The van der Waals surface area contributed by atoms with E-state index in [1.165, 1.54) is 18.2 Å². The number of rotatable bonds is 3. The predicted octanol–water partition coefficient (Wildman–Crippen LogP) is 2.82. The van der Waals surface area contributed by atoms with Crippen molar-refractivity contribution in [1.82, 2.24) is 0 Å². The normalized spacial score (nSPS) is 11.4. The highest BCUT2D eigenvalue weighted by Crippen LogP contribution is 2.30. The Labute approximate surface area is 117 Å². The molecular formula is C14H10F3NO3. The van der Waals surface area contributed by atoms with Gasteiger partial charge >= 0.3 is 18.1 Å². The fourth-order valence-corrected chi connectivity index (χ4v) is 2.00. The van der Waals surface area contributed by atoms with Gasteiger partial charge in [0, 0.05) is 5.39 Å². The number of halogens is 3. The molecule has 0 aliphatic rings. The smallest absolute Gasteiger partial charge is 0.471 e. The number of carbonyl (C=O) groups is 2. The molecule has 0 unspecified atom stereocenters. The topological polar surface area (TPSA) is 57.6 Å². The fourth-order valence-electron chi connectivity index (χ4n) is 2.00. The average Bonchev–Trinajstić information content (AvgIpc) is 2.42. The first kappa shape index (κ1) is 14.8. The molecular weight excluding hydrogens is 287 g/mol. The third kappa shape index (κ3) is 3.13. The molecule has 4 nitrogen and oxygen atoms in total. The van der Waals surface area contributed by atoms with Crippen molar-refractivity contribution in [3.05, 3.63) is 42.5 Å². The van der Waals surface area contributed by atoms with E-state index in [4.69, 9.17) is 5.11 Å². The van der Waals surface area contributed by atoms with Crippen LogP contribution in [0.4, 0.5) is 18.9 Å². The van der Waals surface area contributed by atoms with Gasteiger partial charge in [0.2, 0.25) is 0 Å². The van der Waals surface area contributed by atoms with Gasteiger partial charge in [-0.05, 0) is 11.5 Å². The van der Waals surface area contributed by atoms with Crippen molar-refractivity contribution in [1.29, 1.82) is 0 Å². The summed E-state index contributed by atoms with van der Waals surface area (Å²) in [6.07, 6.45) is -5.15. The first-order valence-corrected chi connectivity index (χ1v) is 5.89. The third-order valence-electron chi connectivity index (χ3n) is 2.84. The van der Waals surface area contributed by atoms with E-state index in [0.29, 0.717) is 10.8 Å². The Bertz CT molecular complexity index is 692. The minimum atomic E-state index is -5.15. The minimum Gasteiger partial charge on any atom is -0.480 e. The van der Waals surface area contributed by atoms with Crippen LogP contribution >= 0.6 is 0 Å². The molecule has 2 rings (SSSR count). The third-order valence-corrected chi connectivity index (χ3v) is 2.84. The number of carboxylic acid groups (broad SMARTS) is 1. The maximum Gasteiger partial charge on any atom is 0.471 e. The van der Waals surface area contributed by atoms with Crippen LogP contribution in [0, 0.1) is 0 Å². The zero-order valence-electron chi connectivity index (χ0n) is 10.6. The summed E-state index contributed by atoms with van der Waals surface area (Å²) < 4.78 is 38.0. The van der Waals surface area contributed by atoms with Gasteiger partial charge in [-0.25, -0.2) is 0 Å². The molecule has 0 saturated heterocycles. The van der Waals surface area contributed by atoms with E-state index in [0.717, 1.165) is 0 Å². The number of benzene rings is 2. The van der Waals surface area contributed by atoms with Gasteiger partial charge in [0.05, 0.1) is 5.69 Å². The highest BCUT2D eigenvalue weighted by Gasteiger charge is 2.43. The summed E-state index contributed by atoms with van der Waals surface area (Å²) in [5.74, 6) is -3.73. The lowest BCUT2D eigenvalue weighted by atomic mass is 10.1. The molecule has 21 heavy (non-hydrogen) atoms. The molecule has 2 aromatic rings. The summed E-state index contributed by atoms with van der Waals surface area (Å²) in [5.41, 5.74) is -0.0853. The van der Waals surface area contributed by atoms with E-state index in [1.54, 1.807) is 24.3 Å². The summed E-state index contributed by atoms with van der Waals surface area (Å²) in [7, 11) is 0.